The third-order valence-corrected chi connectivity index (χ3v) is 4.50. The lowest BCUT2D eigenvalue weighted by Crippen LogP contribution is -2.42. The van der Waals surface area contributed by atoms with Crippen LogP contribution in [0, 0.1) is 13.8 Å². The zero-order valence-electron chi connectivity index (χ0n) is 16.7. The van der Waals surface area contributed by atoms with Gasteiger partial charge in [-0.1, -0.05) is 17.7 Å². The molecule has 0 amide bonds. The summed E-state index contributed by atoms with van der Waals surface area (Å²) < 4.78 is 7.96. The van der Waals surface area contributed by atoms with E-state index in [1.54, 1.807) is 0 Å². The molecule has 1 aromatic heterocycles. The summed E-state index contributed by atoms with van der Waals surface area (Å²) in [5.41, 5.74) is 1.22. The fourth-order valence-electron chi connectivity index (χ4n) is 3.20. The Kier molecular flexibility index (Phi) is 6.32. The van der Waals surface area contributed by atoms with Gasteiger partial charge >= 0.3 is 0 Å². The van der Waals surface area contributed by atoms with Crippen molar-refractivity contribution in [3.63, 3.8) is 0 Å². The van der Waals surface area contributed by atoms with Gasteiger partial charge in [0.2, 0.25) is 0 Å². The summed E-state index contributed by atoms with van der Waals surface area (Å²) in [6.45, 7) is 10.4. The van der Waals surface area contributed by atoms with Crippen molar-refractivity contribution < 1.29 is 4.74 Å². The van der Waals surface area contributed by atoms with Crippen molar-refractivity contribution in [2.45, 2.75) is 59.2 Å². The van der Waals surface area contributed by atoms with Crippen molar-refractivity contribution in [3.05, 3.63) is 41.5 Å². The van der Waals surface area contributed by atoms with Crippen LogP contribution in [0.1, 0.15) is 49.9 Å². The average Bonchev–Trinajstić information content (AvgIpc) is 3.03. The highest BCUT2D eigenvalue weighted by Crippen LogP contribution is 2.22. The van der Waals surface area contributed by atoms with Crippen LogP contribution in [0.4, 0.5) is 0 Å². The molecule has 0 radical (unpaired) electrons. The van der Waals surface area contributed by atoms with Crippen LogP contribution in [0.2, 0.25) is 0 Å². The fraction of sp³-hybridized carbons (Fsp3) is 0.550. The third-order valence-electron chi connectivity index (χ3n) is 4.50. The Balaban J connectivity index is 1.62. The van der Waals surface area contributed by atoms with Crippen molar-refractivity contribution in [1.82, 2.24) is 25.4 Å². The van der Waals surface area contributed by atoms with Gasteiger partial charge in [0.25, 0.3) is 0 Å². The molecule has 0 spiro atoms. The first-order valence-electron chi connectivity index (χ1n) is 9.74. The zero-order chi connectivity index (χ0) is 19.2. The lowest BCUT2D eigenvalue weighted by Gasteiger charge is -2.25. The molecule has 2 atom stereocenters. The molecule has 3 rings (SSSR count). The van der Waals surface area contributed by atoms with Gasteiger partial charge in [-0.25, -0.2) is 14.7 Å². The monoisotopic (exact) mass is 370 g/mol. The molecule has 2 N–H and O–H groups in total. The minimum atomic E-state index is -0.0135. The predicted molar refractivity (Wildman–Crippen MR) is 107 cm³/mol. The topological polar surface area (TPSA) is 76.4 Å². The van der Waals surface area contributed by atoms with E-state index in [2.05, 4.69) is 46.7 Å². The Morgan fingerprint density at radius 1 is 1.33 bits per heavy atom. The predicted octanol–water partition coefficient (Wildman–Crippen LogP) is 2.75. The number of aromatic nitrogens is 3. The summed E-state index contributed by atoms with van der Waals surface area (Å²) in [6, 6.07) is 8.23. The second kappa shape index (κ2) is 8.88. The largest absolute Gasteiger partial charge is 0.489 e. The molecule has 1 aliphatic heterocycles. The molecule has 1 aliphatic rings. The summed E-state index contributed by atoms with van der Waals surface area (Å²) in [7, 11) is 0. The molecule has 0 saturated heterocycles. The molecular weight excluding hydrogens is 340 g/mol. The van der Waals surface area contributed by atoms with Crippen LogP contribution in [-0.2, 0) is 6.54 Å². The van der Waals surface area contributed by atoms with Crippen LogP contribution in [0.3, 0.4) is 0 Å². The molecule has 27 heavy (non-hydrogen) atoms. The smallest absolute Gasteiger partial charge is 0.191 e. The summed E-state index contributed by atoms with van der Waals surface area (Å²) in [5, 5.41) is 11.3. The Morgan fingerprint density at radius 3 is 2.85 bits per heavy atom. The minimum Gasteiger partial charge on any atom is -0.489 e. The maximum absolute atomic E-state index is 5.96. The van der Waals surface area contributed by atoms with E-state index in [0.717, 1.165) is 49.3 Å². The highest BCUT2D eigenvalue weighted by Gasteiger charge is 2.24. The number of benzene rings is 1. The first kappa shape index (κ1) is 19.2. The van der Waals surface area contributed by atoms with Crippen molar-refractivity contribution in [2.24, 2.45) is 4.99 Å². The maximum atomic E-state index is 5.96. The Bertz CT molecular complexity index is 767. The van der Waals surface area contributed by atoms with E-state index in [0.29, 0.717) is 6.54 Å². The van der Waals surface area contributed by atoms with E-state index in [9.17, 15) is 0 Å². The van der Waals surface area contributed by atoms with Gasteiger partial charge < -0.3 is 15.4 Å². The van der Waals surface area contributed by atoms with E-state index >= 15 is 0 Å². The zero-order valence-corrected chi connectivity index (χ0v) is 16.7. The fourth-order valence-corrected chi connectivity index (χ4v) is 3.20. The number of hydrogen-bond acceptors (Lipinski definition) is 4. The normalized spacial score (nSPS) is 17.9. The van der Waals surface area contributed by atoms with Gasteiger partial charge in [0, 0.05) is 13.1 Å². The Morgan fingerprint density at radius 2 is 2.11 bits per heavy atom. The number of ether oxygens (including phenoxy) is 1. The standard InChI is InChI=1S/C20H30N6O/c1-5-21-20(22-13-15(3)27-17-10-8-14(2)9-11-17)24-18-7-6-12-26-19(18)23-16(4)25-26/h8-11,15,18H,5-7,12-13H2,1-4H3,(H2,21,22,24). The second-order valence-corrected chi connectivity index (χ2v) is 7.04. The summed E-state index contributed by atoms with van der Waals surface area (Å²) in [4.78, 5) is 9.30. The molecule has 0 saturated carbocycles. The van der Waals surface area contributed by atoms with Gasteiger partial charge in [0.1, 0.15) is 23.5 Å². The number of nitrogens with zero attached hydrogens (tertiary/aromatic N) is 4. The molecule has 2 heterocycles. The highest BCUT2D eigenvalue weighted by atomic mass is 16.5. The number of aliphatic imine (C=N–C) groups is 1. The molecular formula is C20H30N6O. The summed E-state index contributed by atoms with van der Waals surface area (Å²) in [5.74, 6) is 3.47. The van der Waals surface area contributed by atoms with Gasteiger partial charge in [-0.2, -0.15) is 5.10 Å². The Labute approximate surface area is 161 Å². The molecule has 0 aliphatic carbocycles. The Hall–Kier alpha value is -2.57. The number of nitrogens with one attached hydrogen (secondary N) is 2. The number of fused-ring (bicyclic) bond motifs is 1. The SMILES string of the molecule is CCNC(=NCC(C)Oc1ccc(C)cc1)NC1CCCn2nc(C)nc21. The van der Waals surface area contributed by atoms with Crippen LogP contribution in [0.15, 0.2) is 29.3 Å². The number of hydrogen-bond donors (Lipinski definition) is 2. The highest BCUT2D eigenvalue weighted by molar-refractivity contribution is 5.80. The van der Waals surface area contributed by atoms with Crippen molar-refractivity contribution >= 4 is 5.96 Å². The molecule has 146 valence electrons. The van der Waals surface area contributed by atoms with Crippen LogP contribution >= 0.6 is 0 Å². The van der Waals surface area contributed by atoms with E-state index in [4.69, 9.17) is 9.73 Å². The molecule has 7 heteroatoms. The third kappa shape index (κ3) is 5.21. The molecule has 7 nitrogen and oxygen atoms in total. The number of guanidine groups is 1. The van der Waals surface area contributed by atoms with Crippen LogP contribution in [0.25, 0.3) is 0 Å². The van der Waals surface area contributed by atoms with Crippen molar-refractivity contribution in [1.29, 1.82) is 0 Å². The minimum absolute atomic E-state index is 0.0135. The maximum Gasteiger partial charge on any atom is 0.191 e. The average molecular weight is 371 g/mol. The molecule has 0 bridgehead atoms. The van der Waals surface area contributed by atoms with Crippen LogP contribution in [0.5, 0.6) is 5.75 Å². The summed E-state index contributed by atoms with van der Waals surface area (Å²) >= 11 is 0. The van der Waals surface area contributed by atoms with Gasteiger partial charge in [-0.05, 0) is 52.7 Å². The van der Waals surface area contributed by atoms with Gasteiger partial charge in [-0.15, -0.1) is 0 Å². The van der Waals surface area contributed by atoms with E-state index < -0.39 is 0 Å². The van der Waals surface area contributed by atoms with Crippen molar-refractivity contribution in [2.75, 3.05) is 13.1 Å². The lowest BCUT2D eigenvalue weighted by atomic mass is 10.1. The van der Waals surface area contributed by atoms with Gasteiger partial charge in [-0.3, -0.25) is 0 Å². The molecule has 1 aromatic carbocycles. The van der Waals surface area contributed by atoms with Gasteiger partial charge in [0.15, 0.2) is 5.96 Å². The number of aryl methyl sites for hydroxylation is 3. The number of rotatable bonds is 6. The quantitative estimate of drug-likeness (QED) is 0.604. The second-order valence-electron chi connectivity index (χ2n) is 7.04. The van der Waals surface area contributed by atoms with Crippen molar-refractivity contribution in [3.8, 4) is 5.75 Å². The van der Waals surface area contributed by atoms with E-state index in [1.165, 1.54) is 5.56 Å². The molecule has 2 unspecified atom stereocenters. The molecule has 2 aromatic rings. The molecule has 0 fully saturated rings. The first-order chi connectivity index (χ1) is 13.0. The van der Waals surface area contributed by atoms with Crippen LogP contribution < -0.4 is 15.4 Å². The van der Waals surface area contributed by atoms with Crippen LogP contribution in [-0.4, -0.2) is 39.9 Å². The van der Waals surface area contributed by atoms with E-state index in [-0.39, 0.29) is 12.1 Å². The first-order valence-corrected chi connectivity index (χ1v) is 9.74. The summed E-state index contributed by atoms with van der Waals surface area (Å²) in [6.07, 6.45) is 2.10. The van der Waals surface area contributed by atoms with Gasteiger partial charge in [0.05, 0.1) is 12.6 Å². The van der Waals surface area contributed by atoms with E-state index in [1.807, 2.05) is 30.7 Å². The lowest BCUT2D eigenvalue weighted by molar-refractivity contribution is 0.230.